The first kappa shape index (κ1) is 15.9. The molecule has 0 aliphatic carbocycles. The van der Waals surface area contributed by atoms with E-state index in [2.05, 4.69) is 4.74 Å². The van der Waals surface area contributed by atoms with Crippen molar-refractivity contribution in [1.29, 1.82) is 5.26 Å². The number of methoxy groups -OCH3 is 1. The molecule has 4 nitrogen and oxygen atoms in total. The van der Waals surface area contributed by atoms with Crippen molar-refractivity contribution in [3.05, 3.63) is 58.1 Å². The largest absolute Gasteiger partial charge is 0.469 e. The van der Waals surface area contributed by atoms with Crippen molar-refractivity contribution in [2.45, 2.75) is 13.3 Å². The van der Waals surface area contributed by atoms with E-state index >= 15 is 0 Å². The molecule has 0 bridgehead atoms. The van der Waals surface area contributed by atoms with Crippen molar-refractivity contribution < 1.29 is 14.3 Å². The van der Waals surface area contributed by atoms with Gasteiger partial charge in [-0.15, -0.1) is 0 Å². The molecule has 0 aliphatic heterocycles. The fourth-order valence-electron chi connectivity index (χ4n) is 2.00. The highest BCUT2D eigenvalue weighted by Gasteiger charge is 2.09. The van der Waals surface area contributed by atoms with Crippen LogP contribution in [0.4, 0.5) is 0 Å². The number of nitriles is 1. The molecule has 0 saturated heterocycles. The molecule has 0 fully saturated rings. The molecule has 0 saturated carbocycles. The average Bonchev–Trinajstić information content (AvgIpc) is 2.48. The molecule has 5 heteroatoms. The first-order chi connectivity index (χ1) is 10.5. The zero-order valence-corrected chi connectivity index (χ0v) is 13.0. The number of ether oxygens (including phenoxy) is 2. The van der Waals surface area contributed by atoms with Gasteiger partial charge in [-0.25, -0.2) is 0 Å². The summed E-state index contributed by atoms with van der Waals surface area (Å²) in [5.41, 5.74) is 2.19. The molecule has 0 N–H and O–H groups in total. The molecule has 0 aromatic heterocycles. The molecule has 2 aromatic rings. The minimum atomic E-state index is -0.318. The first-order valence-corrected chi connectivity index (χ1v) is 6.94. The van der Waals surface area contributed by atoms with Crippen LogP contribution in [0.2, 0.25) is 5.02 Å². The Bertz CT molecular complexity index is 750. The Hall–Kier alpha value is -2.51. The fraction of sp³-hybridized carbons (Fsp3) is 0.176. The zero-order valence-electron chi connectivity index (χ0n) is 12.2. The van der Waals surface area contributed by atoms with Crippen molar-refractivity contribution in [3.63, 3.8) is 0 Å². The zero-order chi connectivity index (χ0) is 16.1. The number of rotatable bonds is 4. The lowest BCUT2D eigenvalue weighted by Crippen LogP contribution is -2.04. The second-order valence-electron chi connectivity index (χ2n) is 4.77. The third-order valence-corrected chi connectivity index (χ3v) is 3.29. The Morgan fingerprint density at radius 1 is 1.27 bits per heavy atom. The number of esters is 1. The lowest BCUT2D eigenvalue weighted by molar-refractivity contribution is -0.139. The van der Waals surface area contributed by atoms with Gasteiger partial charge in [-0.05, 0) is 42.3 Å². The second kappa shape index (κ2) is 6.97. The van der Waals surface area contributed by atoms with Crippen molar-refractivity contribution in [1.82, 2.24) is 0 Å². The molecule has 0 heterocycles. The number of hydrogen-bond donors (Lipinski definition) is 0. The normalized spacial score (nSPS) is 9.91. The molecule has 2 rings (SSSR count). The maximum atomic E-state index is 11.4. The number of benzene rings is 2. The maximum Gasteiger partial charge on any atom is 0.309 e. The average molecular weight is 316 g/mol. The highest BCUT2D eigenvalue weighted by atomic mass is 35.5. The van der Waals surface area contributed by atoms with Gasteiger partial charge in [-0.1, -0.05) is 17.7 Å². The molecule has 0 radical (unpaired) electrons. The van der Waals surface area contributed by atoms with Gasteiger partial charge in [-0.2, -0.15) is 5.26 Å². The Morgan fingerprint density at radius 2 is 2.05 bits per heavy atom. The molecule has 2 aromatic carbocycles. The summed E-state index contributed by atoms with van der Waals surface area (Å²) in [6, 6.07) is 12.3. The molecular formula is C17H14ClNO3. The standard InChI is InChI=1S/C17H14ClNO3/c1-11-5-13(9-17(20)21-2)7-14(6-11)22-16-8-12(10-19)3-4-15(16)18/h3-8H,9H2,1-2H3. The van der Waals surface area contributed by atoms with Crippen LogP contribution in [-0.4, -0.2) is 13.1 Å². The lowest BCUT2D eigenvalue weighted by atomic mass is 10.1. The summed E-state index contributed by atoms with van der Waals surface area (Å²) in [5, 5.41) is 9.35. The van der Waals surface area contributed by atoms with E-state index < -0.39 is 0 Å². The molecule has 112 valence electrons. The highest BCUT2D eigenvalue weighted by molar-refractivity contribution is 6.32. The van der Waals surface area contributed by atoms with E-state index in [4.69, 9.17) is 21.6 Å². The first-order valence-electron chi connectivity index (χ1n) is 6.56. The molecular weight excluding hydrogens is 302 g/mol. The third-order valence-electron chi connectivity index (χ3n) is 2.97. The summed E-state index contributed by atoms with van der Waals surface area (Å²) in [7, 11) is 1.35. The molecule has 0 amide bonds. The van der Waals surface area contributed by atoms with E-state index in [0.717, 1.165) is 11.1 Å². The van der Waals surface area contributed by atoms with Gasteiger partial charge in [0.25, 0.3) is 0 Å². The van der Waals surface area contributed by atoms with Crippen LogP contribution in [0.1, 0.15) is 16.7 Å². The number of aryl methyl sites for hydroxylation is 1. The number of halogens is 1. The third kappa shape index (κ3) is 4.00. The Kier molecular flexibility index (Phi) is 5.03. The molecule has 22 heavy (non-hydrogen) atoms. The predicted molar refractivity (Wildman–Crippen MR) is 83.1 cm³/mol. The Labute approximate surface area is 133 Å². The van der Waals surface area contributed by atoms with Gasteiger partial charge in [0.1, 0.15) is 11.5 Å². The van der Waals surface area contributed by atoms with Crippen LogP contribution in [0, 0.1) is 18.3 Å². The van der Waals surface area contributed by atoms with E-state index in [9.17, 15) is 4.79 Å². The number of carbonyl (C=O) groups excluding carboxylic acids is 1. The Morgan fingerprint density at radius 3 is 2.73 bits per heavy atom. The fourth-order valence-corrected chi connectivity index (χ4v) is 2.16. The van der Waals surface area contributed by atoms with Gasteiger partial charge in [-0.3, -0.25) is 4.79 Å². The van der Waals surface area contributed by atoms with Crippen LogP contribution in [0.5, 0.6) is 11.5 Å². The van der Waals surface area contributed by atoms with Crippen molar-refractivity contribution >= 4 is 17.6 Å². The van der Waals surface area contributed by atoms with Gasteiger partial charge < -0.3 is 9.47 Å². The van der Waals surface area contributed by atoms with Gasteiger partial charge in [0.15, 0.2) is 0 Å². The molecule has 0 spiro atoms. The number of hydrogen-bond acceptors (Lipinski definition) is 4. The molecule has 0 aliphatic rings. The van der Waals surface area contributed by atoms with E-state index in [0.29, 0.717) is 22.1 Å². The van der Waals surface area contributed by atoms with Crippen LogP contribution < -0.4 is 4.74 Å². The van der Waals surface area contributed by atoms with E-state index in [1.54, 1.807) is 24.3 Å². The summed E-state index contributed by atoms with van der Waals surface area (Å²) in [6.07, 6.45) is 0.167. The van der Waals surface area contributed by atoms with Crippen LogP contribution >= 0.6 is 11.6 Å². The maximum absolute atomic E-state index is 11.4. The topological polar surface area (TPSA) is 59.3 Å². The summed E-state index contributed by atoms with van der Waals surface area (Å²) in [5.74, 6) is 0.632. The summed E-state index contributed by atoms with van der Waals surface area (Å²) in [6.45, 7) is 1.90. The van der Waals surface area contributed by atoms with Gasteiger partial charge in [0.05, 0.1) is 30.2 Å². The number of nitrogens with zero attached hydrogens (tertiary/aromatic N) is 1. The summed E-state index contributed by atoms with van der Waals surface area (Å²) >= 11 is 6.08. The summed E-state index contributed by atoms with van der Waals surface area (Å²) in [4.78, 5) is 11.4. The van der Waals surface area contributed by atoms with Crippen molar-refractivity contribution in [2.24, 2.45) is 0 Å². The van der Waals surface area contributed by atoms with Gasteiger partial charge in [0.2, 0.25) is 0 Å². The van der Waals surface area contributed by atoms with E-state index in [1.165, 1.54) is 7.11 Å². The Balaban J connectivity index is 2.30. The van der Waals surface area contributed by atoms with E-state index in [1.807, 2.05) is 25.1 Å². The van der Waals surface area contributed by atoms with Crippen molar-refractivity contribution in [3.8, 4) is 17.6 Å². The minimum Gasteiger partial charge on any atom is -0.469 e. The highest BCUT2D eigenvalue weighted by Crippen LogP contribution is 2.31. The van der Waals surface area contributed by atoms with Crippen LogP contribution in [0.3, 0.4) is 0 Å². The summed E-state index contributed by atoms with van der Waals surface area (Å²) < 4.78 is 10.4. The molecule has 0 unspecified atom stereocenters. The molecule has 0 atom stereocenters. The van der Waals surface area contributed by atoms with E-state index in [-0.39, 0.29) is 12.4 Å². The smallest absolute Gasteiger partial charge is 0.309 e. The van der Waals surface area contributed by atoms with Crippen LogP contribution in [0.25, 0.3) is 0 Å². The SMILES string of the molecule is COC(=O)Cc1cc(C)cc(Oc2cc(C#N)ccc2Cl)c1. The van der Waals surface area contributed by atoms with Crippen LogP contribution in [0.15, 0.2) is 36.4 Å². The monoisotopic (exact) mass is 315 g/mol. The second-order valence-corrected chi connectivity index (χ2v) is 5.17. The van der Waals surface area contributed by atoms with Crippen molar-refractivity contribution in [2.75, 3.05) is 7.11 Å². The minimum absolute atomic E-state index is 0.167. The quantitative estimate of drug-likeness (QED) is 0.799. The van der Waals surface area contributed by atoms with Gasteiger partial charge in [0, 0.05) is 6.07 Å². The predicted octanol–water partition coefficient (Wildman–Crippen LogP) is 4.03. The number of carbonyl (C=O) groups is 1. The van der Waals surface area contributed by atoms with Crippen LogP contribution in [-0.2, 0) is 16.0 Å². The lowest BCUT2D eigenvalue weighted by Gasteiger charge is -2.10. The van der Waals surface area contributed by atoms with Gasteiger partial charge >= 0.3 is 5.97 Å².